The van der Waals surface area contributed by atoms with Crippen molar-refractivity contribution >= 4 is 11.3 Å². The highest BCUT2D eigenvalue weighted by Gasteiger charge is 2.56. The maximum absolute atomic E-state index is 12.8. The number of rotatable bonds is 12. The van der Waals surface area contributed by atoms with Gasteiger partial charge in [0.05, 0.1) is 25.9 Å². The molecular weight excluding hydrogens is 570 g/mol. The zero-order valence-electron chi connectivity index (χ0n) is 24.6. The summed E-state index contributed by atoms with van der Waals surface area (Å²) in [6.45, 7) is 3.01. The number of nitrogens with zero attached hydrogens (tertiary/aromatic N) is 1. The molecule has 0 spiro atoms. The van der Waals surface area contributed by atoms with Crippen LogP contribution < -0.4 is 0 Å². The van der Waals surface area contributed by atoms with E-state index in [0.29, 0.717) is 30.4 Å². The van der Waals surface area contributed by atoms with Gasteiger partial charge >= 0.3 is 0 Å². The lowest BCUT2D eigenvalue weighted by atomic mass is 9.80. The average Bonchev–Trinajstić information content (AvgIpc) is 3.63. The summed E-state index contributed by atoms with van der Waals surface area (Å²) in [4.78, 5) is 4.59. The first-order valence-corrected chi connectivity index (χ1v) is 15.8. The molecule has 6 rings (SSSR count). The van der Waals surface area contributed by atoms with Crippen LogP contribution in [0.1, 0.15) is 34.2 Å². The molecule has 1 aliphatic heterocycles. The van der Waals surface area contributed by atoms with Gasteiger partial charge in [0.1, 0.15) is 29.4 Å². The quantitative estimate of drug-likeness (QED) is 0.166. The third-order valence-electron chi connectivity index (χ3n) is 8.01. The van der Waals surface area contributed by atoms with Gasteiger partial charge in [0.15, 0.2) is 5.60 Å². The van der Waals surface area contributed by atoms with Crippen LogP contribution in [-0.2, 0) is 44.4 Å². The van der Waals surface area contributed by atoms with Crippen LogP contribution in [0.2, 0.25) is 0 Å². The first-order valence-electron chi connectivity index (χ1n) is 14.9. The second-order valence-corrected chi connectivity index (χ2v) is 11.9. The molecule has 4 aromatic carbocycles. The molecule has 5 aromatic rings. The minimum atomic E-state index is -1.61. The maximum atomic E-state index is 12.8. The van der Waals surface area contributed by atoms with Crippen LogP contribution in [0.25, 0.3) is 0 Å². The van der Waals surface area contributed by atoms with E-state index < -0.39 is 36.1 Å². The highest BCUT2D eigenvalue weighted by Crippen LogP contribution is 2.43. The maximum Gasteiger partial charge on any atom is 0.170 e. The van der Waals surface area contributed by atoms with Crippen LogP contribution in [0.3, 0.4) is 0 Å². The Kier molecular flexibility index (Phi) is 9.93. The van der Waals surface area contributed by atoms with Gasteiger partial charge in [-0.25, -0.2) is 4.98 Å². The fraction of sp³-hybridized carbons (Fsp3) is 0.270. The van der Waals surface area contributed by atoms with Crippen LogP contribution in [0.15, 0.2) is 133 Å². The molecule has 6 atom stereocenters. The van der Waals surface area contributed by atoms with Gasteiger partial charge in [0.2, 0.25) is 0 Å². The number of aromatic nitrogens is 1. The Labute approximate surface area is 262 Å². The molecule has 0 aliphatic carbocycles. The Morgan fingerprint density at radius 1 is 0.659 bits per heavy atom. The molecule has 0 unspecified atom stereocenters. The van der Waals surface area contributed by atoms with E-state index in [0.717, 1.165) is 16.7 Å². The van der Waals surface area contributed by atoms with Crippen molar-refractivity contribution in [1.29, 1.82) is 0 Å². The van der Waals surface area contributed by atoms with Crippen LogP contribution in [0, 0.1) is 0 Å². The molecule has 1 aliphatic rings. The minimum absolute atomic E-state index is 0.305. The normalized spacial score (nSPS) is 23.2. The Morgan fingerprint density at radius 2 is 1.11 bits per heavy atom. The molecule has 226 valence electrons. The van der Waals surface area contributed by atoms with E-state index in [2.05, 4.69) is 4.98 Å². The van der Waals surface area contributed by atoms with Crippen molar-refractivity contribution in [3.63, 3.8) is 0 Å². The smallest absolute Gasteiger partial charge is 0.170 e. The summed E-state index contributed by atoms with van der Waals surface area (Å²) >= 11 is 1.39. The van der Waals surface area contributed by atoms with E-state index in [1.165, 1.54) is 11.3 Å². The van der Waals surface area contributed by atoms with Crippen LogP contribution in [0.5, 0.6) is 0 Å². The van der Waals surface area contributed by atoms with E-state index in [1.54, 1.807) is 6.20 Å². The molecule has 7 heteroatoms. The summed E-state index contributed by atoms with van der Waals surface area (Å²) < 4.78 is 26.9. The van der Waals surface area contributed by atoms with Gasteiger partial charge in [-0.1, -0.05) is 121 Å². The summed E-state index contributed by atoms with van der Waals surface area (Å²) in [7, 11) is 0. The molecule has 1 aromatic heterocycles. The van der Waals surface area contributed by atoms with Crippen molar-refractivity contribution < 1.29 is 24.1 Å². The van der Waals surface area contributed by atoms with Gasteiger partial charge < -0.3 is 24.1 Å². The Bertz CT molecular complexity index is 1540. The summed E-state index contributed by atoms with van der Waals surface area (Å²) in [5, 5.41) is 15.2. The van der Waals surface area contributed by atoms with Crippen molar-refractivity contribution in [2.75, 3.05) is 0 Å². The van der Waals surface area contributed by atoms with Gasteiger partial charge in [-0.3, -0.25) is 0 Å². The van der Waals surface area contributed by atoms with Crippen molar-refractivity contribution in [3.05, 3.63) is 160 Å². The molecule has 44 heavy (non-hydrogen) atoms. The number of ether oxygens (including phenoxy) is 4. The SMILES string of the molecule is C[C@@H]1O[C@H]([C@@](O)(c2ccccc2)c2nccs2)[C@@H](OCc2ccccc2)[C@H](OCc2ccccc2)[C@@H]1OCc1ccccc1. The Balaban J connectivity index is 1.41. The highest BCUT2D eigenvalue weighted by molar-refractivity contribution is 7.09. The topological polar surface area (TPSA) is 70.0 Å². The molecule has 1 saturated heterocycles. The third-order valence-corrected chi connectivity index (χ3v) is 8.91. The van der Waals surface area contributed by atoms with Crippen LogP contribution in [0.4, 0.5) is 0 Å². The first-order chi connectivity index (χ1) is 21.6. The van der Waals surface area contributed by atoms with Gasteiger partial charge in [-0.05, 0) is 29.2 Å². The number of benzene rings is 4. The average molecular weight is 608 g/mol. The van der Waals surface area contributed by atoms with E-state index in [9.17, 15) is 5.11 Å². The lowest BCUT2D eigenvalue weighted by Gasteiger charge is -2.50. The predicted octanol–water partition coefficient (Wildman–Crippen LogP) is 6.92. The third kappa shape index (κ3) is 6.84. The second-order valence-electron chi connectivity index (χ2n) is 11.0. The first kappa shape index (κ1) is 30.3. The van der Waals surface area contributed by atoms with Gasteiger partial charge in [-0.15, -0.1) is 11.3 Å². The van der Waals surface area contributed by atoms with Crippen LogP contribution in [-0.4, -0.2) is 40.6 Å². The minimum Gasteiger partial charge on any atom is -0.375 e. The van der Waals surface area contributed by atoms with Crippen molar-refractivity contribution in [1.82, 2.24) is 4.98 Å². The fourth-order valence-electron chi connectivity index (χ4n) is 5.76. The summed E-state index contributed by atoms with van der Waals surface area (Å²) in [6.07, 6.45) is -1.36. The Hall–Kier alpha value is -3.69. The number of hydrogen-bond donors (Lipinski definition) is 1. The van der Waals surface area contributed by atoms with Gasteiger partial charge in [0, 0.05) is 11.6 Å². The zero-order valence-corrected chi connectivity index (χ0v) is 25.5. The van der Waals surface area contributed by atoms with Crippen molar-refractivity contribution in [3.8, 4) is 0 Å². The second kappa shape index (κ2) is 14.4. The van der Waals surface area contributed by atoms with E-state index in [4.69, 9.17) is 18.9 Å². The monoisotopic (exact) mass is 607 g/mol. The van der Waals surface area contributed by atoms with E-state index >= 15 is 0 Å². The zero-order chi connectivity index (χ0) is 30.2. The summed E-state index contributed by atoms with van der Waals surface area (Å²) in [6, 6.07) is 39.7. The summed E-state index contributed by atoms with van der Waals surface area (Å²) in [5.41, 5.74) is 2.15. The standard InChI is InChI=1S/C37H37NO5S/c1-27-32(40-24-28-14-6-2-7-15-28)33(41-25-29-16-8-3-9-17-29)34(42-26-30-18-10-4-11-19-30)35(43-27)37(39,36-38-22-23-44-36)31-20-12-5-13-21-31/h2-23,27,32-35,39H,24-26H2,1H3/t27-,32+,33+,34-,35-,37-/m0/s1. The number of aliphatic hydroxyl groups is 1. The fourth-order valence-corrected chi connectivity index (χ4v) is 6.55. The largest absolute Gasteiger partial charge is 0.375 e. The molecule has 6 nitrogen and oxygen atoms in total. The highest BCUT2D eigenvalue weighted by atomic mass is 32.1. The lowest BCUT2D eigenvalue weighted by molar-refractivity contribution is -0.289. The lowest BCUT2D eigenvalue weighted by Crippen LogP contribution is -2.65. The number of hydrogen-bond acceptors (Lipinski definition) is 7. The molecule has 0 saturated carbocycles. The van der Waals surface area contributed by atoms with Crippen molar-refractivity contribution in [2.45, 2.75) is 62.9 Å². The van der Waals surface area contributed by atoms with Crippen molar-refractivity contribution in [2.24, 2.45) is 0 Å². The molecule has 0 amide bonds. The van der Waals surface area contributed by atoms with E-state index in [-0.39, 0.29) is 0 Å². The molecule has 0 bridgehead atoms. The summed E-state index contributed by atoms with van der Waals surface area (Å²) in [5.74, 6) is 0. The molecule has 1 N–H and O–H groups in total. The van der Waals surface area contributed by atoms with Gasteiger partial charge in [-0.2, -0.15) is 0 Å². The molecule has 0 radical (unpaired) electrons. The molecule has 2 heterocycles. The molecule has 1 fully saturated rings. The van der Waals surface area contributed by atoms with E-state index in [1.807, 2.05) is 134 Å². The Morgan fingerprint density at radius 3 is 1.59 bits per heavy atom. The van der Waals surface area contributed by atoms with Crippen LogP contribution >= 0.6 is 11.3 Å². The predicted molar refractivity (Wildman–Crippen MR) is 171 cm³/mol. The molecular formula is C37H37NO5S. The van der Waals surface area contributed by atoms with Gasteiger partial charge in [0.25, 0.3) is 0 Å². The number of thiazole rings is 1.